The van der Waals surface area contributed by atoms with Gasteiger partial charge in [0.15, 0.2) is 0 Å². The van der Waals surface area contributed by atoms with E-state index >= 15 is 0 Å². The first-order valence-corrected chi connectivity index (χ1v) is 13.4. The number of ether oxygens (including phenoxy) is 1. The van der Waals surface area contributed by atoms with Gasteiger partial charge >= 0.3 is 53.2 Å². The van der Waals surface area contributed by atoms with Crippen LogP contribution in [-0.4, -0.2) is 28.1 Å². The van der Waals surface area contributed by atoms with Crippen molar-refractivity contribution in [1.29, 1.82) is 0 Å². The maximum atomic E-state index is 10.6. The molecule has 0 aromatic heterocycles. The molecule has 0 fully saturated rings. The maximum Gasteiger partial charge on any atom is -0.693 e. The predicted octanol–water partition coefficient (Wildman–Crippen LogP) is 6.41. The minimum absolute atomic E-state index is 0. The average molecular weight is 622 g/mol. The Bertz CT molecular complexity index is 558. The number of carbonyl (C=O) groups is 3. The van der Waals surface area contributed by atoms with E-state index in [0.717, 1.165) is 25.7 Å². The molecule has 0 aliphatic carbocycles. The summed E-state index contributed by atoms with van der Waals surface area (Å²) in [6.45, 7) is 5.26. The minimum atomic E-state index is -1.11. The van der Waals surface area contributed by atoms with Gasteiger partial charge in [0.05, 0.1) is 5.92 Å². The van der Waals surface area contributed by atoms with Crippen molar-refractivity contribution < 1.29 is 45.8 Å². The summed E-state index contributed by atoms with van der Waals surface area (Å²) < 4.78 is 4.69. The molecule has 8 nitrogen and oxygen atoms in total. The number of carbonyl (C=O) groups excluding carboxylic acids is 1. The summed E-state index contributed by atoms with van der Waals surface area (Å²) >= 11 is -0.472. The molecule has 0 atom stereocenters. The predicted molar refractivity (Wildman–Crippen MR) is 108 cm³/mol. The molecule has 0 radical (unpaired) electrons. The molecule has 0 unspecified atom stereocenters. The smallest absolute Gasteiger partial charge is 0.693 e. The second-order valence-electron chi connectivity index (χ2n) is 5.05. The van der Waals surface area contributed by atoms with Crippen molar-refractivity contribution in [2.45, 2.75) is 46.5 Å². The third-order valence-electron chi connectivity index (χ3n) is 2.99. The molecule has 0 heterocycles. The number of hydrogen-bond acceptors (Lipinski definition) is 4. The number of esters is 1. The second kappa shape index (κ2) is 22.1. The molecule has 1 rings (SSSR count). The first-order chi connectivity index (χ1) is 12.2. The van der Waals surface area contributed by atoms with Crippen LogP contribution in [0, 0.1) is 5.92 Å². The fourth-order valence-electron chi connectivity index (χ4n) is 1.98. The standard InChI is InChI=1S/C9H8O4.C8H16O2.2ClH.2H2N.Pt/c1-6(10)13-8-5-3-2-4-7(8)9(11)12;1-3-5-7(6-4-2)8(9)10;;;;;/h2-5H,1H3,(H,11,12);7H,3-6H2,1-2H3,(H,9,10);2*1H;2*1H2;/q;;;;2*-1;+4/p-2. The van der Waals surface area contributed by atoms with Crippen LogP contribution in [0.4, 0.5) is 0 Å². The first-order valence-electron chi connectivity index (χ1n) is 7.80. The van der Waals surface area contributed by atoms with Crippen LogP contribution >= 0.6 is 18.8 Å². The first kappa shape index (κ1) is 34.3. The molecule has 0 saturated carbocycles. The number of para-hydroxylation sites is 1. The van der Waals surface area contributed by atoms with Crippen molar-refractivity contribution in [2.24, 2.45) is 5.92 Å². The molecule has 0 bridgehead atoms. The molecule has 11 heteroatoms. The number of halogens is 2. The Balaban J connectivity index is -0.000000174. The third-order valence-corrected chi connectivity index (χ3v) is 2.99. The van der Waals surface area contributed by atoms with Gasteiger partial charge in [-0.05, 0) is 25.0 Å². The fraction of sp³-hybridized carbons (Fsp3) is 0.471. The Kier molecular flexibility index (Phi) is 27.1. The van der Waals surface area contributed by atoms with E-state index in [1.807, 2.05) is 13.8 Å². The molecular weight excluding hydrogens is 594 g/mol. The Hall–Kier alpha value is -1.18. The largest absolute Gasteiger partial charge is 0.693 e. The SMILES string of the molecule is CC(=O)Oc1ccccc1C(=O)O.CCCC(CCC)C(=O)O.[Cl][Pt+2][Cl].[NH2-].[NH2-]. The van der Waals surface area contributed by atoms with Crippen LogP contribution < -0.4 is 4.74 Å². The molecule has 28 heavy (non-hydrogen) atoms. The summed E-state index contributed by atoms with van der Waals surface area (Å²) in [5, 5.41) is 17.3. The van der Waals surface area contributed by atoms with E-state index in [-0.39, 0.29) is 29.5 Å². The van der Waals surface area contributed by atoms with Gasteiger partial charge in [0.2, 0.25) is 0 Å². The van der Waals surface area contributed by atoms with E-state index in [1.54, 1.807) is 12.1 Å². The summed E-state index contributed by atoms with van der Waals surface area (Å²) in [5.74, 6) is -2.31. The van der Waals surface area contributed by atoms with E-state index in [9.17, 15) is 14.4 Å². The Labute approximate surface area is 182 Å². The molecule has 6 N–H and O–H groups in total. The maximum absolute atomic E-state index is 10.6. The second-order valence-corrected chi connectivity index (χ2v) is 8.34. The van der Waals surface area contributed by atoms with Crippen LogP contribution in [0.3, 0.4) is 0 Å². The molecule has 1 aromatic carbocycles. The van der Waals surface area contributed by atoms with Crippen molar-refractivity contribution in [2.75, 3.05) is 0 Å². The monoisotopic (exact) mass is 621 g/mol. The number of carboxylic acids is 2. The summed E-state index contributed by atoms with van der Waals surface area (Å²) in [5.41, 5.74) is -0.0160. The zero-order valence-electron chi connectivity index (χ0n) is 16.0. The molecule has 0 aliphatic rings. The topological polar surface area (TPSA) is 168 Å². The Morgan fingerprint density at radius 3 is 1.79 bits per heavy atom. The summed E-state index contributed by atoms with van der Waals surface area (Å²) in [7, 11) is 9.75. The quantitative estimate of drug-likeness (QED) is 0.263. The number of rotatable bonds is 7. The van der Waals surface area contributed by atoms with Crippen LogP contribution in [0.25, 0.3) is 12.3 Å². The van der Waals surface area contributed by atoms with E-state index in [4.69, 9.17) is 29.0 Å². The van der Waals surface area contributed by atoms with E-state index in [2.05, 4.69) is 4.74 Å². The summed E-state index contributed by atoms with van der Waals surface area (Å²) in [6.07, 6.45) is 3.58. The molecule has 0 saturated heterocycles. The van der Waals surface area contributed by atoms with E-state index in [1.165, 1.54) is 19.1 Å². The Morgan fingerprint density at radius 2 is 1.46 bits per heavy atom. The van der Waals surface area contributed by atoms with E-state index < -0.39 is 34.4 Å². The van der Waals surface area contributed by atoms with Gasteiger partial charge in [-0.25, -0.2) is 4.79 Å². The molecule has 166 valence electrons. The number of aliphatic carboxylic acids is 1. The van der Waals surface area contributed by atoms with Gasteiger partial charge < -0.3 is 27.3 Å². The summed E-state index contributed by atoms with van der Waals surface area (Å²) in [6, 6.07) is 5.98. The van der Waals surface area contributed by atoms with Crippen LogP contribution in [0.1, 0.15) is 56.8 Å². The third kappa shape index (κ3) is 18.2. The van der Waals surface area contributed by atoms with Crippen molar-refractivity contribution >= 4 is 36.7 Å². The number of carboxylic acid groups (broad SMARTS) is 2. The van der Waals surface area contributed by atoms with Crippen molar-refractivity contribution in [3.63, 3.8) is 0 Å². The normalized spacial score (nSPS) is 8.79. The van der Waals surface area contributed by atoms with Crippen LogP contribution in [-0.2, 0) is 26.1 Å². The molecule has 0 amide bonds. The number of aromatic carboxylic acids is 1. The van der Waals surface area contributed by atoms with Gasteiger partial charge in [-0.3, -0.25) is 9.59 Å². The minimum Gasteiger partial charge on any atom is -0.693 e. The summed E-state index contributed by atoms with van der Waals surface area (Å²) in [4.78, 5) is 31.7. The van der Waals surface area contributed by atoms with Gasteiger partial charge in [0.25, 0.3) is 0 Å². The molecule has 0 spiro atoms. The van der Waals surface area contributed by atoms with E-state index in [0.29, 0.717) is 0 Å². The van der Waals surface area contributed by atoms with Crippen molar-refractivity contribution in [3.8, 4) is 5.75 Å². The zero-order valence-corrected chi connectivity index (χ0v) is 19.8. The molecular formula is C17H28Cl2N2O6Pt. The number of benzene rings is 1. The van der Waals surface area contributed by atoms with Gasteiger partial charge in [-0.15, -0.1) is 0 Å². The van der Waals surface area contributed by atoms with Crippen LogP contribution in [0.5, 0.6) is 5.75 Å². The van der Waals surface area contributed by atoms with Gasteiger partial charge in [-0.1, -0.05) is 38.8 Å². The Morgan fingerprint density at radius 1 is 1.04 bits per heavy atom. The van der Waals surface area contributed by atoms with Crippen molar-refractivity contribution in [3.05, 3.63) is 42.1 Å². The fourth-order valence-corrected chi connectivity index (χ4v) is 1.98. The van der Waals surface area contributed by atoms with Crippen LogP contribution in [0.2, 0.25) is 0 Å². The van der Waals surface area contributed by atoms with Gasteiger partial charge in [0, 0.05) is 6.92 Å². The van der Waals surface area contributed by atoms with Crippen molar-refractivity contribution in [1.82, 2.24) is 0 Å². The number of hydrogen-bond donors (Lipinski definition) is 2. The zero-order chi connectivity index (χ0) is 20.5. The average Bonchev–Trinajstić information content (AvgIpc) is 2.55. The molecule has 1 aromatic rings. The van der Waals surface area contributed by atoms with Gasteiger partial charge in [-0.2, -0.15) is 0 Å². The van der Waals surface area contributed by atoms with Crippen LogP contribution in [0.15, 0.2) is 24.3 Å². The number of nitrogens with two attached hydrogens (primary N) is 2. The van der Waals surface area contributed by atoms with Gasteiger partial charge in [0.1, 0.15) is 11.3 Å². The molecule has 0 aliphatic heterocycles.